The lowest BCUT2D eigenvalue weighted by Crippen LogP contribution is -2.56. The minimum absolute atomic E-state index is 0.00443. The summed E-state index contributed by atoms with van der Waals surface area (Å²) in [6.45, 7) is 6.88. The van der Waals surface area contributed by atoms with Gasteiger partial charge in [0.2, 0.25) is 5.95 Å². The fraction of sp³-hybridized carbons (Fsp3) is 0.438. The number of piperazine rings is 1. The zero-order valence-corrected chi connectivity index (χ0v) is 24.9. The van der Waals surface area contributed by atoms with Crippen LogP contribution in [0, 0.1) is 17.1 Å². The molecular weight excluding hydrogens is 584 g/mol. The molecule has 0 bridgehead atoms. The first-order valence-corrected chi connectivity index (χ1v) is 15.1. The van der Waals surface area contributed by atoms with E-state index in [4.69, 9.17) is 9.47 Å². The quantitative estimate of drug-likeness (QED) is 0.388. The van der Waals surface area contributed by atoms with E-state index in [0.717, 1.165) is 57.0 Å². The monoisotopic (exact) mass is 619 g/mol. The largest absolute Gasteiger partial charge is 0.486 e. The number of ether oxygens (including phenoxy) is 2. The number of benzene rings is 2. The number of hydrogen-bond donors (Lipinski definition) is 2. The molecule has 3 saturated heterocycles. The molecule has 1 aromatic heterocycles. The van der Waals surface area contributed by atoms with Gasteiger partial charge in [0.25, 0.3) is 5.91 Å². The van der Waals surface area contributed by atoms with Gasteiger partial charge in [0.15, 0.2) is 12.0 Å². The number of nitrogens with one attached hydrogen (secondary N) is 1. The molecule has 2 unspecified atom stereocenters. The fourth-order valence-corrected chi connectivity index (χ4v) is 5.80. The van der Waals surface area contributed by atoms with Crippen LogP contribution in [0.25, 0.3) is 11.3 Å². The van der Waals surface area contributed by atoms with Gasteiger partial charge in [-0.3, -0.25) is 9.69 Å². The summed E-state index contributed by atoms with van der Waals surface area (Å²) in [6, 6.07) is 15.0. The van der Waals surface area contributed by atoms with E-state index in [1.54, 1.807) is 6.07 Å². The molecule has 0 aliphatic carbocycles. The van der Waals surface area contributed by atoms with Crippen molar-refractivity contribution in [3.8, 4) is 23.1 Å². The Morgan fingerprint density at radius 3 is 2.56 bits per heavy atom. The van der Waals surface area contributed by atoms with E-state index in [-0.39, 0.29) is 42.5 Å². The molecule has 236 valence electrons. The lowest BCUT2D eigenvalue weighted by molar-refractivity contribution is -0.143. The number of likely N-dealkylation sites (tertiary alicyclic amines) is 1. The molecule has 2 aromatic carbocycles. The van der Waals surface area contributed by atoms with E-state index >= 15 is 0 Å². The maximum atomic E-state index is 14.9. The number of halogens is 2. The van der Waals surface area contributed by atoms with E-state index in [9.17, 15) is 23.9 Å². The van der Waals surface area contributed by atoms with Crippen LogP contribution in [0.4, 0.5) is 26.1 Å². The Bertz CT molecular complexity index is 1560. The third kappa shape index (κ3) is 6.83. The van der Waals surface area contributed by atoms with Gasteiger partial charge in [-0.1, -0.05) is 0 Å². The van der Waals surface area contributed by atoms with Crippen LogP contribution in [0.3, 0.4) is 0 Å². The van der Waals surface area contributed by atoms with E-state index in [2.05, 4.69) is 25.1 Å². The van der Waals surface area contributed by atoms with Crippen LogP contribution in [0.1, 0.15) is 18.9 Å². The van der Waals surface area contributed by atoms with Gasteiger partial charge >= 0.3 is 0 Å². The van der Waals surface area contributed by atoms with Crippen LogP contribution in [0.5, 0.6) is 5.75 Å². The molecule has 6 rings (SSSR count). The van der Waals surface area contributed by atoms with Crippen LogP contribution < -0.4 is 15.0 Å². The van der Waals surface area contributed by atoms with Gasteiger partial charge in [0, 0.05) is 56.1 Å². The number of alkyl halides is 1. The second-order valence-electron chi connectivity index (χ2n) is 11.5. The Hall–Kier alpha value is -4.38. The van der Waals surface area contributed by atoms with E-state index in [0.29, 0.717) is 11.6 Å². The highest BCUT2D eigenvalue weighted by molar-refractivity contribution is 5.80. The van der Waals surface area contributed by atoms with Gasteiger partial charge < -0.3 is 29.7 Å². The van der Waals surface area contributed by atoms with Crippen molar-refractivity contribution in [1.82, 2.24) is 19.8 Å². The second kappa shape index (κ2) is 13.3. The van der Waals surface area contributed by atoms with Gasteiger partial charge in [-0.2, -0.15) is 5.26 Å². The average Bonchev–Trinajstić information content (AvgIpc) is 3.02. The Labute approximate surface area is 260 Å². The standard InChI is InChI=1S/C32H35F2N7O4/c1-20(42)31(43)41-9-8-29(27(34)17-41)45-28-7-2-21(14-22(28)15-35)30-26(33)16-36-32(38-30)37-23-3-5-24(6-4-23)39-10-12-40(13-11-39)25-18-44-19-25/h2-7,14,16,20,25,27,29,42H,8-13,17-19H2,1H3,(H,36,37,38)/t20?,27?,29-/m0/s1. The molecule has 3 aliphatic heterocycles. The summed E-state index contributed by atoms with van der Waals surface area (Å²) in [5.74, 6) is -0.871. The van der Waals surface area contributed by atoms with Crippen molar-refractivity contribution < 1.29 is 28.2 Å². The molecule has 0 radical (unpaired) electrons. The molecule has 45 heavy (non-hydrogen) atoms. The number of rotatable bonds is 8. The normalized spacial score (nSPS) is 21.5. The number of aliphatic hydroxyl groups excluding tert-OH is 1. The number of piperidine rings is 1. The number of hydrogen-bond acceptors (Lipinski definition) is 10. The number of carbonyl (C=O) groups is 1. The fourth-order valence-electron chi connectivity index (χ4n) is 5.80. The van der Waals surface area contributed by atoms with Gasteiger partial charge in [0.1, 0.15) is 29.7 Å². The maximum absolute atomic E-state index is 14.9. The van der Waals surface area contributed by atoms with Crippen molar-refractivity contribution in [1.29, 1.82) is 5.26 Å². The molecule has 11 nitrogen and oxygen atoms in total. The van der Waals surface area contributed by atoms with Crippen molar-refractivity contribution in [2.45, 2.75) is 37.8 Å². The number of anilines is 3. The summed E-state index contributed by atoms with van der Waals surface area (Å²) >= 11 is 0. The summed E-state index contributed by atoms with van der Waals surface area (Å²) in [4.78, 5) is 26.6. The van der Waals surface area contributed by atoms with Crippen LogP contribution in [-0.4, -0.2) is 108 Å². The first kappa shape index (κ1) is 30.6. The molecule has 1 amide bonds. The highest BCUT2D eigenvalue weighted by atomic mass is 19.1. The smallest absolute Gasteiger partial charge is 0.251 e. The predicted octanol–water partition coefficient (Wildman–Crippen LogP) is 3.12. The number of amides is 1. The number of aliphatic hydroxyl groups is 1. The molecule has 0 saturated carbocycles. The predicted molar refractivity (Wildman–Crippen MR) is 162 cm³/mol. The lowest BCUT2D eigenvalue weighted by atomic mass is 10.0. The highest BCUT2D eigenvalue weighted by Gasteiger charge is 2.34. The van der Waals surface area contributed by atoms with Crippen molar-refractivity contribution in [3.05, 3.63) is 60.0 Å². The number of carbonyl (C=O) groups excluding carboxylic acids is 1. The molecular formula is C32H35F2N7O4. The summed E-state index contributed by atoms with van der Waals surface area (Å²) in [5, 5.41) is 22.4. The van der Waals surface area contributed by atoms with Crippen LogP contribution in [0.2, 0.25) is 0 Å². The summed E-state index contributed by atoms with van der Waals surface area (Å²) in [5.41, 5.74) is 2.28. The molecule has 2 N–H and O–H groups in total. The van der Waals surface area contributed by atoms with Gasteiger partial charge in [0.05, 0.1) is 37.6 Å². The summed E-state index contributed by atoms with van der Waals surface area (Å²) < 4.78 is 40.9. The Morgan fingerprint density at radius 2 is 1.91 bits per heavy atom. The molecule has 3 atom stereocenters. The van der Waals surface area contributed by atoms with Crippen molar-refractivity contribution in [3.63, 3.8) is 0 Å². The van der Waals surface area contributed by atoms with Gasteiger partial charge in [-0.05, 0) is 49.4 Å². The third-order valence-corrected chi connectivity index (χ3v) is 8.49. The Kier molecular flexibility index (Phi) is 9.07. The molecule has 4 heterocycles. The second-order valence-corrected chi connectivity index (χ2v) is 11.5. The number of nitriles is 1. The maximum Gasteiger partial charge on any atom is 0.251 e. The summed E-state index contributed by atoms with van der Waals surface area (Å²) in [6.07, 6.45) is -2.35. The number of aromatic nitrogens is 2. The Balaban J connectivity index is 1.10. The minimum atomic E-state index is -1.51. The van der Waals surface area contributed by atoms with Gasteiger partial charge in [-0.25, -0.2) is 18.7 Å². The van der Waals surface area contributed by atoms with Crippen molar-refractivity contribution in [2.75, 3.05) is 62.7 Å². The zero-order valence-electron chi connectivity index (χ0n) is 24.9. The van der Waals surface area contributed by atoms with Gasteiger partial charge in [-0.15, -0.1) is 0 Å². The molecule has 13 heteroatoms. The minimum Gasteiger partial charge on any atom is -0.486 e. The van der Waals surface area contributed by atoms with Crippen molar-refractivity contribution >= 4 is 23.2 Å². The number of nitrogens with zero attached hydrogens (tertiary/aromatic N) is 6. The lowest BCUT2D eigenvalue weighted by Gasteiger charge is -2.43. The van der Waals surface area contributed by atoms with Crippen molar-refractivity contribution in [2.24, 2.45) is 0 Å². The highest BCUT2D eigenvalue weighted by Crippen LogP contribution is 2.31. The van der Waals surface area contributed by atoms with Crippen LogP contribution in [0.15, 0.2) is 48.7 Å². The Morgan fingerprint density at radius 1 is 1.16 bits per heavy atom. The van der Waals surface area contributed by atoms with E-state index in [1.807, 2.05) is 30.3 Å². The van der Waals surface area contributed by atoms with Crippen LogP contribution in [-0.2, 0) is 9.53 Å². The first-order chi connectivity index (χ1) is 21.8. The van der Waals surface area contributed by atoms with E-state index < -0.39 is 30.1 Å². The molecule has 3 aliphatic rings. The van der Waals surface area contributed by atoms with Crippen LogP contribution >= 0.6 is 0 Å². The molecule has 3 aromatic rings. The third-order valence-electron chi connectivity index (χ3n) is 8.49. The topological polar surface area (TPSA) is 127 Å². The average molecular weight is 620 g/mol. The molecule has 3 fully saturated rings. The first-order valence-electron chi connectivity index (χ1n) is 15.1. The SMILES string of the molecule is CC(O)C(=O)N1CC[C@H](Oc2ccc(-c3nc(Nc4ccc(N5CCN(C6COC6)CC5)cc4)ncc3F)cc2C#N)C(F)C1. The summed E-state index contributed by atoms with van der Waals surface area (Å²) in [7, 11) is 0. The van der Waals surface area contributed by atoms with E-state index in [1.165, 1.54) is 24.0 Å². The molecule has 0 spiro atoms. The zero-order chi connectivity index (χ0) is 31.5.